The summed E-state index contributed by atoms with van der Waals surface area (Å²) in [6.45, 7) is 2.07. The van der Waals surface area contributed by atoms with Gasteiger partial charge in [-0.1, -0.05) is 24.3 Å². The van der Waals surface area contributed by atoms with Crippen molar-refractivity contribution in [1.82, 2.24) is 0 Å². The van der Waals surface area contributed by atoms with E-state index in [-0.39, 0.29) is 23.1 Å². The van der Waals surface area contributed by atoms with Crippen molar-refractivity contribution in [3.05, 3.63) is 57.0 Å². The second-order valence-corrected chi connectivity index (χ2v) is 7.24. The van der Waals surface area contributed by atoms with E-state index in [9.17, 15) is 14.7 Å². The minimum Gasteiger partial charge on any atom is -0.506 e. The van der Waals surface area contributed by atoms with Crippen molar-refractivity contribution in [3.63, 3.8) is 0 Å². The van der Waals surface area contributed by atoms with E-state index < -0.39 is 0 Å². The number of aliphatic hydroxyl groups is 1. The number of carbonyl (C=O) groups excluding carboxylic acids is 2. The number of aliphatic hydroxyl groups excluding tert-OH is 1. The number of hydrogen-bond donors (Lipinski definition) is 1. The Kier molecular flexibility index (Phi) is 4.20. The first-order valence-corrected chi connectivity index (χ1v) is 9.36. The Morgan fingerprint density at radius 1 is 1.31 bits per heavy atom. The highest BCUT2D eigenvalue weighted by Crippen LogP contribution is 2.41. The van der Waals surface area contributed by atoms with Crippen molar-refractivity contribution in [2.75, 3.05) is 6.61 Å². The molecule has 0 amide bonds. The highest BCUT2D eigenvalue weighted by molar-refractivity contribution is 7.16. The number of thiophene rings is 1. The Morgan fingerprint density at radius 2 is 2.08 bits per heavy atom. The van der Waals surface area contributed by atoms with Gasteiger partial charge in [0.05, 0.1) is 17.7 Å². The van der Waals surface area contributed by atoms with Gasteiger partial charge in [0.2, 0.25) is 0 Å². The molecule has 2 aromatic rings. The van der Waals surface area contributed by atoms with Crippen LogP contribution < -0.4 is 0 Å². The lowest BCUT2D eigenvalue weighted by molar-refractivity contribution is 0.0526. The Morgan fingerprint density at radius 3 is 2.81 bits per heavy atom. The monoisotopic (exact) mass is 367 g/mol. The van der Waals surface area contributed by atoms with Crippen molar-refractivity contribution < 1.29 is 19.4 Å². The first-order chi connectivity index (χ1) is 12.6. The molecule has 0 bridgehead atoms. The van der Waals surface area contributed by atoms with Gasteiger partial charge < -0.3 is 9.84 Å². The summed E-state index contributed by atoms with van der Waals surface area (Å²) in [6.07, 6.45) is 4.16. The molecule has 5 nitrogen and oxygen atoms in total. The Bertz CT molecular complexity index is 984. The Labute approximate surface area is 154 Å². The number of ether oxygens (including phenoxy) is 1. The zero-order valence-electron chi connectivity index (χ0n) is 14.2. The van der Waals surface area contributed by atoms with Gasteiger partial charge in [-0.25, -0.2) is 9.79 Å². The molecule has 1 N–H and O–H groups in total. The van der Waals surface area contributed by atoms with E-state index in [1.165, 1.54) is 17.6 Å². The average Bonchev–Trinajstić information content (AvgIpc) is 3.27. The van der Waals surface area contributed by atoms with Crippen LogP contribution in [0.5, 0.6) is 0 Å². The summed E-state index contributed by atoms with van der Waals surface area (Å²) < 4.78 is 5.18. The van der Waals surface area contributed by atoms with Crippen LogP contribution in [0.15, 0.2) is 34.8 Å². The minimum absolute atomic E-state index is 0.0730. The number of benzene rings is 1. The van der Waals surface area contributed by atoms with E-state index in [0.29, 0.717) is 28.3 Å². The van der Waals surface area contributed by atoms with Crippen molar-refractivity contribution >= 4 is 40.1 Å². The number of aliphatic imine (C=N–C) groups is 1. The molecule has 0 unspecified atom stereocenters. The third kappa shape index (κ3) is 2.57. The van der Waals surface area contributed by atoms with Gasteiger partial charge in [0.25, 0.3) is 0 Å². The minimum atomic E-state index is -0.377. The number of ketones is 1. The van der Waals surface area contributed by atoms with Crippen LogP contribution in [0.2, 0.25) is 0 Å². The second-order valence-electron chi connectivity index (χ2n) is 6.15. The first kappa shape index (κ1) is 16.7. The molecule has 0 fully saturated rings. The molecule has 0 saturated heterocycles. The fraction of sp³-hybridized carbons (Fsp3) is 0.250. The fourth-order valence-electron chi connectivity index (χ4n) is 3.42. The highest BCUT2D eigenvalue weighted by Gasteiger charge is 2.30. The van der Waals surface area contributed by atoms with Crippen LogP contribution in [-0.4, -0.2) is 29.7 Å². The number of esters is 1. The topological polar surface area (TPSA) is 76.0 Å². The van der Waals surface area contributed by atoms with E-state index in [4.69, 9.17) is 4.74 Å². The molecular weight excluding hydrogens is 350 g/mol. The normalized spacial score (nSPS) is 15.7. The van der Waals surface area contributed by atoms with Crippen molar-refractivity contribution in [2.24, 2.45) is 4.99 Å². The summed E-state index contributed by atoms with van der Waals surface area (Å²) in [7, 11) is 0. The molecule has 1 heterocycles. The van der Waals surface area contributed by atoms with Gasteiger partial charge in [0.1, 0.15) is 10.8 Å². The summed E-state index contributed by atoms with van der Waals surface area (Å²) in [5, 5.41) is 10.9. The van der Waals surface area contributed by atoms with Gasteiger partial charge in [-0.3, -0.25) is 4.79 Å². The average molecular weight is 367 g/mol. The largest absolute Gasteiger partial charge is 0.506 e. The molecule has 1 aromatic heterocycles. The van der Waals surface area contributed by atoms with Crippen LogP contribution >= 0.6 is 11.3 Å². The lowest BCUT2D eigenvalue weighted by Crippen LogP contribution is -2.06. The number of aryl methyl sites for hydroxylation is 1. The van der Waals surface area contributed by atoms with Crippen LogP contribution in [0.4, 0.5) is 5.00 Å². The number of hydrogen-bond acceptors (Lipinski definition) is 6. The van der Waals surface area contributed by atoms with Crippen LogP contribution in [0.25, 0.3) is 5.76 Å². The second kappa shape index (κ2) is 6.53. The molecule has 132 valence electrons. The summed E-state index contributed by atoms with van der Waals surface area (Å²) in [6, 6.07) is 6.91. The Balaban J connectivity index is 1.72. The molecule has 4 rings (SSSR count). The number of nitrogens with zero attached hydrogens (tertiary/aromatic N) is 1. The van der Waals surface area contributed by atoms with Crippen molar-refractivity contribution in [3.8, 4) is 0 Å². The van der Waals surface area contributed by atoms with Crippen molar-refractivity contribution in [2.45, 2.75) is 26.2 Å². The zero-order valence-corrected chi connectivity index (χ0v) is 15.1. The van der Waals surface area contributed by atoms with Crippen molar-refractivity contribution in [1.29, 1.82) is 0 Å². The standard InChI is InChI=1S/C20H17NO4S/c1-2-25-20(24)16-13-8-5-9-15(13)26-19(16)21-10-14-17(22)11-6-3-4-7-12(11)18(14)23/h3-4,6-7,10,22H,2,5,8-9H2,1H3. The van der Waals surface area contributed by atoms with Gasteiger partial charge in [0, 0.05) is 22.2 Å². The first-order valence-electron chi connectivity index (χ1n) is 8.54. The zero-order chi connectivity index (χ0) is 18.3. The highest BCUT2D eigenvalue weighted by atomic mass is 32.1. The van der Waals surface area contributed by atoms with Gasteiger partial charge in [-0.15, -0.1) is 11.3 Å². The molecule has 2 aliphatic carbocycles. The fourth-order valence-corrected chi connectivity index (χ4v) is 4.64. The molecule has 6 heteroatoms. The molecule has 0 radical (unpaired) electrons. The van der Waals surface area contributed by atoms with Crippen LogP contribution in [0.1, 0.15) is 50.1 Å². The van der Waals surface area contributed by atoms with E-state index in [0.717, 1.165) is 29.7 Å². The molecule has 0 saturated carbocycles. The number of rotatable bonds is 4. The predicted molar refractivity (Wildman–Crippen MR) is 101 cm³/mol. The lowest BCUT2D eigenvalue weighted by atomic mass is 10.1. The molecule has 1 aromatic carbocycles. The maximum atomic E-state index is 12.5. The number of fused-ring (bicyclic) bond motifs is 2. The van der Waals surface area contributed by atoms with E-state index in [1.807, 2.05) is 0 Å². The lowest BCUT2D eigenvalue weighted by Gasteiger charge is -2.03. The van der Waals surface area contributed by atoms with Crippen LogP contribution in [0.3, 0.4) is 0 Å². The van der Waals surface area contributed by atoms with E-state index in [2.05, 4.69) is 4.99 Å². The van der Waals surface area contributed by atoms with Crippen LogP contribution in [-0.2, 0) is 17.6 Å². The van der Waals surface area contributed by atoms with Gasteiger partial charge in [-0.05, 0) is 31.7 Å². The number of carbonyl (C=O) groups is 2. The number of Topliss-reactive ketones (excluding diaryl/α,β-unsaturated/α-hetero) is 1. The predicted octanol–water partition coefficient (Wildman–Crippen LogP) is 4.28. The smallest absolute Gasteiger partial charge is 0.341 e. The third-order valence-corrected chi connectivity index (χ3v) is 5.82. The van der Waals surface area contributed by atoms with Gasteiger partial charge in [-0.2, -0.15) is 0 Å². The van der Waals surface area contributed by atoms with Gasteiger partial charge >= 0.3 is 5.97 Å². The summed E-state index contributed by atoms with van der Waals surface area (Å²) in [5.74, 6) is -0.710. The third-order valence-electron chi connectivity index (χ3n) is 4.62. The van der Waals surface area contributed by atoms with Crippen LogP contribution in [0, 0.1) is 0 Å². The Hall–Kier alpha value is -2.73. The molecule has 0 aliphatic heterocycles. The maximum absolute atomic E-state index is 12.5. The molecular formula is C20H17NO4S. The maximum Gasteiger partial charge on any atom is 0.341 e. The molecule has 26 heavy (non-hydrogen) atoms. The molecule has 2 aliphatic rings. The summed E-state index contributed by atoms with van der Waals surface area (Å²) in [4.78, 5) is 30.4. The van der Waals surface area contributed by atoms with Gasteiger partial charge in [0.15, 0.2) is 5.78 Å². The molecule has 0 atom stereocenters. The summed E-state index contributed by atoms with van der Waals surface area (Å²) in [5.41, 5.74) is 2.64. The summed E-state index contributed by atoms with van der Waals surface area (Å²) >= 11 is 1.46. The number of allylic oxidation sites excluding steroid dienone is 1. The SMILES string of the molecule is CCOC(=O)c1c(N=CC2=C(O)c3ccccc3C2=O)sc2c1CCC2. The van der Waals surface area contributed by atoms with E-state index in [1.54, 1.807) is 31.2 Å². The van der Waals surface area contributed by atoms with E-state index >= 15 is 0 Å². The molecule has 0 spiro atoms. The quantitative estimate of drug-likeness (QED) is 0.646.